The standard InChI is InChI=1S/C21H21N3O3S/c1-2-27-21(26)16-14-18(24(22-16)15-8-4-3-5-9-15)20(25)23-12-13-28-19-11-7-6-10-17(19)23/h3-11,18H,2,12-14H2,1H3/t18-/m1/s1. The Morgan fingerprint density at radius 3 is 2.68 bits per heavy atom. The third-order valence-corrected chi connectivity index (χ3v) is 5.76. The zero-order valence-corrected chi connectivity index (χ0v) is 16.4. The number of esters is 1. The molecular formula is C21H21N3O3S. The van der Waals surface area contributed by atoms with Crippen LogP contribution in [-0.4, -0.2) is 42.5 Å². The first-order valence-corrected chi connectivity index (χ1v) is 10.3. The van der Waals surface area contributed by atoms with Crippen molar-refractivity contribution in [1.82, 2.24) is 0 Å². The molecule has 0 aromatic heterocycles. The lowest BCUT2D eigenvalue weighted by atomic mass is 10.1. The fourth-order valence-corrected chi connectivity index (χ4v) is 4.43. The molecule has 6 nitrogen and oxygen atoms in total. The van der Waals surface area contributed by atoms with Crippen LogP contribution in [0.5, 0.6) is 0 Å². The maximum atomic E-state index is 13.5. The molecule has 0 spiro atoms. The van der Waals surface area contributed by atoms with Gasteiger partial charge in [-0.2, -0.15) is 5.10 Å². The number of nitrogens with zero attached hydrogens (tertiary/aromatic N) is 3. The second-order valence-corrected chi connectivity index (χ2v) is 7.61. The van der Waals surface area contributed by atoms with E-state index in [4.69, 9.17) is 4.74 Å². The molecule has 2 aromatic carbocycles. The molecule has 2 aliphatic rings. The van der Waals surface area contributed by atoms with Gasteiger partial charge in [-0.1, -0.05) is 30.3 Å². The van der Waals surface area contributed by atoms with Crippen LogP contribution < -0.4 is 9.91 Å². The van der Waals surface area contributed by atoms with Crippen molar-refractivity contribution in [3.8, 4) is 0 Å². The molecule has 0 N–H and O–H groups in total. The summed E-state index contributed by atoms with van der Waals surface area (Å²) >= 11 is 1.75. The minimum atomic E-state index is -0.571. The van der Waals surface area contributed by atoms with E-state index in [-0.39, 0.29) is 24.6 Å². The van der Waals surface area contributed by atoms with E-state index in [0.29, 0.717) is 6.54 Å². The highest BCUT2D eigenvalue weighted by Gasteiger charge is 2.40. The van der Waals surface area contributed by atoms with Gasteiger partial charge in [-0.25, -0.2) is 4.79 Å². The zero-order valence-electron chi connectivity index (χ0n) is 15.6. The largest absolute Gasteiger partial charge is 0.461 e. The predicted octanol–water partition coefficient (Wildman–Crippen LogP) is 3.32. The van der Waals surface area contributed by atoms with Crippen LogP contribution in [0, 0.1) is 0 Å². The Kier molecular flexibility index (Phi) is 5.34. The Hall–Kier alpha value is -2.80. The average molecular weight is 395 g/mol. The van der Waals surface area contributed by atoms with Crippen molar-refractivity contribution in [1.29, 1.82) is 0 Å². The summed E-state index contributed by atoms with van der Waals surface area (Å²) in [7, 11) is 0. The summed E-state index contributed by atoms with van der Waals surface area (Å²) in [6.45, 7) is 2.67. The van der Waals surface area contributed by atoms with Crippen LogP contribution in [0.3, 0.4) is 0 Å². The number of amides is 1. The van der Waals surface area contributed by atoms with Gasteiger partial charge in [0, 0.05) is 23.6 Å². The highest BCUT2D eigenvalue weighted by Crippen LogP contribution is 2.36. The van der Waals surface area contributed by atoms with Gasteiger partial charge < -0.3 is 9.64 Å². The van der Waals surface area contributed by atoms with Crippen LogP contribution in [0.15, 0.2) is 64.6 Å². The second kappa shape index (κ2) is 8.06. The molecule has 1 amide bonds. The van der Waals surface area contributed by atoms with Crippen molar-refractivity contribution in [3.63, 3.8) is 0 Å². The van der Waals surface area contributed by atoms with Gasteiger partial charge in [0.2, 0.25) is 0 Å². The van der Waals surface area contributed by atoms with Crippen LogP contribution in [0.2, 0.25) is 0 Å². The normalized spacial score (nSPS) is 18.5. The first-order valence-electron chi connectivity index (χ1n) is 9.31. The Morgan fingerprint density at radius 2 is 1.89 bits per heavy atom. The highest BCUT2D eigenvalue weighted by atomic mass is 32.2. The monoisotopic (exact) mass is 395 g/mol. The van der Waals surface area contributed by atoms with Gasteiger partial charge in [-0.15, -0.1) is 11.8 Å². The number of anilines is 2. The van der Waals surface area contributed by atoms with E-state index < -0.39 is 12.0 Å². The number of hydrogen-bond donors (Lipinski definition) is 0. The minimum Gasteiger partial charge on any atom is -0.461 e. The topological polar surface area (TPSA) is 62.2 Å². The molecule has 2 aliphatic heterocycles. The molecule has 2 aromatic rings. The number of benzene rings is 2. The number of carbonyl (C=O) groups is 2. The Balaban J connectivity index is 1.66. The quantitative estimate of drug-likeness (QED) is 0.743. The molecule has 0 radical (unpaired) electrons. The molecule has 0 saturated carbocycles. The summed E-state index contributed by atoms with van der Waals surface area (Å²) < 4.78 is 5.12. The number of hydrazone groups is 1. The van der Waals surface area contributed by atoms with Crippen LogP contribution >= 0.6 is 11.8 Å². The summed E-state index contributed by atoms with van der Waals surface area (Å²) in [6.07, 6.45) is 0.234. The fraction of sp³-hybridized carbons (Fsp3) is 0.286. The fourth-order valence-electron chi connectivity index (χ4n) is 3.44. The number of hydrogen-bond acceptors (Lipinski definition) is 6. The molecule has 144 valence electrons. The van der Waals surface area contributed by atoms with Gasteiger partial charge in [-0.05, 0) is 31.2 Å². The van der Waals surface area contributed by atoms with Crippen molar-refractivity contribution < 1.29 is 14.3 Å². The first-order chi connectivity index (χ1) is 13.7. The van der Waals surface area contributed by atoms with E-state index in [0.717, 1.165) is 22.0 Å². The molecule has 0 fully saturated rings. The van der Waals surface area contributed by atoms with Crippen molar-refractivity contribution in [2.24, 2.45) is 5.10 Å². The van der Waals surface area contributed by atoms with Crippen LogP contribution in [0.4, 0.5) is 11.4 Å². The molecule has 1 atom stereocenters. The highest BCUT2D eigenvalue weighted by molar-refractivity contribution is 7.99. The van der Waals surface area contributed by atoms with Crippen molar-refractivity contribution in [2.45, 2.75) is 24.3 Å². The lowest BCUT2D eigenvalue weighted by Gasteiger charge is -2.33. The molecular weight excluding hydrogens is 374 g/mol. The number of carbonyl (C=O) groups excluding carboxylic acids is 2. The Morgan fingerprint density at radius 1 is 1.14 bits per heavy atom. The van der Waals surface area contributed by atoms with E-state index in [9.17, 15) is 9.59 Å². The SMILES string of the molecule is CCOC(=O)C1=NN(c2ccccc2)[C@@H](C(=O)N2CCSc3ccccc32)C1. The lowest BCUT2D eigenvalue weighted by Crippen LogP contribution is -2.47. The average Bonchev–Trinajstić information content (AvgIpc) is 3.19. The third kappa shape index (κ3) is 3.49. The van der Waals surface area contributed by atoms with E-state index >= 15 is 0 Å². The molecule has 2 heterocycles. The number of fused-ring (bicyclic) bond motifs is 1. The van der Waals surface area contributed by atoms with Crippen LogP contribution in [-0.2, 0) is 14.3 Å². The minimum absolute atomic E-state index is 0.0559. The van der Waals surface area contributed by atoms with E-state index in [2.05, 4.69) is 5.10 Å². The predicted molar refractivity (Wildman–Crippen MR) is 111 cm³/mol. The van der Waals surface area contributed by atoms with Gasteiger partial charge >= 0.3 is 5.97 Å². The summed E-state index contributed by atoms with van der Waals surface area (Å²) in [5.74, 6) is 0.319. The molecule has 0 unspecified atom stereocenters. The summed E-state index contributed by atoms with van der Waals surface area (Å²) in [6, 6.07) is 16.8. The number of thioether (sulfide) groups is 1. The van der Waals surface area contributed by atoms with Crippen molar-refractivity contribution in [3.05, 3.63) is 54.6 Å². The van der Waals surface area contributed by atoms with Gasteiger partial charge in [0.1, 0.15) is 11.8 Å². The Bertz CT molecular complexity index is 916. The molecule has 28 heavy (non-hydrogen) atoms. The molecule has 0 saturated heterocycles. The third-order valence-electron chi connectivity index (χ3n) is 4.72. The van der Waals surface area contributed by atoms with E-state index in [1.54, 1.807) is 23.7 Å². The molecule has 4 rings (SSSR count). The van der Waals surface area contributed by atoms with Crippen molar-refractivity contribution in [2.75, 3.05) is 28.8 Å². The second-order valence-electron chi connectivity index (χ2n) is 6.47. The van der Waals surface area contributed by atoms with E-state index in [1.165, 1.54) is 0 Å². The molecule has 0 bridgehead atoms. The summed E-state index contributed by atoms with van der Waals surface area (Å²) in [4.78, 5) is 28.7. The van der Waals surface area contributed by atoms with Gasteiger partial charge in [0.25, 0.3) is 5.91 Å². The number of para-hydroxylation sites is 2. The van der Waals surface area contributed by atoms with Crippen molar-refractivity contribution >= 4 is 40.7 Å². The lowest BCUT2D eigenvalue weighted by molar-refractivity contribution is -0.135. The number of ether oxygens (including phenoxy) is 1. The maximum Gasteiger partial charge on any atom is 0.354 e. The van der Waals surface area contributed by atoms with Crippen LogP contribution in [0.25, 0.3) is 0 Å². The number of rotatable bonds is 4. The van der Waals surface area contributed by atoms with Gasteiger partial charge in [-0.3, -0.25) is 9.80 Å². The van der Waals surface area contributed by atoms with Crippen LogP contribution in [0.1, 0.15) is 13.3 Å². The van der Waals surface area contributed by atoms with Gasteiger partial charge in [0.15, 0.2) is 0 Å². The first kappa shape index (κ1) is 18.6. The molecule has 7 heteroatoms. The Labute approximate surface area is 168 Å². The molecule has 0 aliphatic carbocycles. The maximum absolute atomic E-state index is 13.5. The smallest absolute Gasteiger partial charge is 0.354 e. The van der Waals surface area contributed by atoms with E-state index in [1.807, 2.05) is 59.5 Å². The summed E-state index contributed by atoms with van der Waals surface area (Å²) in [5.41, 5.74) is 1.98. The van der Waals surface area contributed by atoms with Gasteiger partial charge in [0.05, 0.1) is 18.0 Å². The zero-order chi connectivity index (χ0) is 19.5. The summed E-state index contributed by atoms with van der Waals surface area (Å²) in [5, 5.41) is 6.10.